The van der Waals surface area contributed by atoms with Crippen LogP contribution >= 0.6 is 0 Å². The van der Waals surface area contributed by atoms with Crippen LogP contribution in [0.15, 0.2) is 22.9 Å². The zero-order chi connectivity index (χ0) is 10.7. The van der Waals surface area contributed by atoms with Crippen molar-refractivity contribution >= 4 is 11.5 Å². The molecule has 0 amide bonds. The van der Waals surface area contributed by atoms with Crippen molar-refractivity contribution in [1.29, 1.82) is 0 Å². The maximum Gasteiger partial charge on any atom is 0.245 e. The quantitative estimate of drug-likeness (QED) is 0.775. The molecule has 0 unspecified atom stereocenters. The Kier molecular flexibility index (Phi) is 2.49. The second kappa shape index (κ2) is 3.95. The van der Waals surface area contributed by atoms with Gasteiger partial charge in [0.1, 0.15) is 5.82 Å². The Balaban J connectivity index is 2.02. The number of hydrogen-bond acceptors (Lipinski definition) is 6. The molecular formula is C9H11N5O. The van der Waals surface area contributed by atoms with E-state index in [2.05, 4.69) is 20.4 Å². The van der Waals surface area contributed by atoms with E-state index in [1.54, 1.807) is 25.3 Å². The Bertz CT molecular complexity index is 453. The summed E-state index contributed by atoms with van der Waals surface area (Å²) in [6.07, 6.45) is 1.66. The number of pyridine rings is 1. The van der Waals surface area contributed by atoms with Crippen LogP contribution in [0.3, 0.4) is 0 Å². The third-order valence-corrected chi connectivity index (χ3v) is 1.82. The zero-order valence-electron chi connectivity index (χ0n) is 8.27. The van der Waals surface area contributed by atoms with E-state index in [9.17, 15) is 0 Å². The van der Waals surface area contributed by atoms with Gasteiger partial charge >= 0.3 is 0 Å². The fraction of sp³-hybridized carbons (Fsp3) is 0.222. The number of nitrogens with one attached hydrogen (secondary N) is 1. The van der Waals surface area contributed by atoms with Crippen molar-refractivity contribution in [3.05, 3.63) is 30.0 Å². The van der Waals surface area contributed by atoms with E-state index in [0.717, 1.165) is 0 Å². The molecule has 6 nitrogen and oxygen atoms in total. The highest BCUT2D eigenvalue weighted by Gasteiger charge is 2.03. The number of hydrogen-bond donors (Lipinski definition) is 2. The molecule has 3 N–H and O–H groups in total. The predicted molar refractivity (Wildman–Crippen MR) is 55.0 cm³/mol. The van der Waals surface area contributed by atoms with Gasteiger partial charge in [-0.3, -0.25) is 0 Å². The first-order valence-electron chi connectivity index (χ1n) is 4.49. The molecule has 0 fully saturated rings. The first-order chi connectivity index (χ1) is 7.25. The number of aryl methyl sites for hydroxylation is 1. The van der Waals surface area contributed by atoms with Crippen molar-refractivity contribution < 1.29 is 4.52 Å². The molecule has 0 saturated carbocycles. The molecule has 0 aliphatic heterocycles. The summed E-state index contributed by atoms with van der Waals surface area (Å²) in [6, 6.07) is 3.55. The van der Waals surface area contributed by atoms with E-state index in [4.69, 9.17) is 10.3 Å². The van der Waals surface area contributed by atoms with Crippen molar-refractivity contribution in [3.8, 4) is 0 Å². The lowest BCUT2D eigenvalue weighted by Crippen LogP contribution is -2.04. The molecule has 6 heteroatoms. The van der Waals surface area contributed by atoms with Gasteiger partial charge in [0.05, 0.1) is 12.2 Å². The third kappa shape index (κ3) is 2.22. The number of rotatable bonds is 3. The van der Waals surface area contributed by atoms with Gasteiger partial charge in [0, 0.05) is 6.20 Å². The van der Waals surface area contributed by atoms with Crippen molar-refractivity contribution in [3.63, 3.8) is 0 Å². The van der Waals surface area contributed by atoms with E-state index < -0.39 is 0 Å². The van der Waals surface area contributed by atoms with Gasteiger partial charge in [0.25, 0.3) is 0 Å². The molecule has 15 heavy (non-hydrogen) atoms. The number of nitrogens with two attached hydrogens (primary N) is 1. The molecule has 0 saturated heterocycles. The number of nitrogens with zero attached hydrogens (tertiary/aromatic N) is 3. The second-order valence-electron chi connectivity index (χ2n) is 3.03. The third-order valence-electron chi connectivity index (χ3n) is 1.82. The maximum atomic E-state index is 5.70. The summed E-state index contributed by atoms with van der Waals surface area (Å²) in [6.45, 7) is 2.18. The van der Waals surface area contributed by atoms with Crippen LogP contribution in [0.25, 0.3) is 0 Å². The zero-order valence-corrected chi connectivity index (χ0v) is 8.27. The fourth-order valence-corrected chi connectivity index (χ4v) is 1.14. The van der Waals surface area contributed by atoms with Gasteiger partial charge in [0.15, 0.2) is 5.82 Å². The van der Waals surface area contributed by atoms with Gasteiger partial charge in [-0.15, -0.1) is 0 Å². The first kappa shape index (κ1) is 9.45. The minimum atomic E-state index is 0.419. The van der Waals surface area contributed by atoms with Gasteiger partial charge in [-0.2, -0.15) is 4.98 Å². The standard InChI is InChI=1S/C9H11N5O/c1-6-13-8(15-14-6)5-12-9-7(10)3-2-4-11-9/h2-4H,5,10H2,1H3,(H,11,12). The summed E-state index contributed by atoms with van der Waals surface area (Å²) in [5.41, 5.74) is 6.29. The van der Waals surface area contributed by atoms with Crippen LogP contribution in [-0.4, -0.2) is 15.1 Å². The lowest BCUT2D eigenvalue weighted by atomic mass is 10.4. The molecule has 0 spiro atoms. The normalized spacial score (nSPS) is 10.2. The lowest BCUT2D eigenvalue weighted by molar-refractivity contribution is 0.379. The monoisotopic (exact) mass is 205 g/mol. The van der Waals surface area contributed by atoms with Crippen LogP contribution in [0, 0.1) is 6.92 Å². The largest absolute Gasteiger partial charge is 0.396 e. The summed E-state index contributed by atoms with van der Waals surface area (Å²) < 4.78 is 4.93. The minimum absolute atomic E-state index is 0.419. The Labute approximate surface area is 86.5 Å². The van der Waals surface area contributed by atoms with Crippen molar-refractivity contribution in [1.82, 2.24) is 15.1 Å². The highest BCUT2D eigenvalue weighted by molar-refractivity contribution is 5.60. The van der Waals surface area contributed by atoms with Crippen LogP contribution < -0.4 is 11.1 Å². The Hall–Kier alpha value is -2.11. The van der Waals surface area contributed by atoms with Crippen LogP contribution in [0.4, 0.5) is 11.5 Å². The topological polar surface area (TPSA) is 89.9 Å². The molecule has 0 aliphatic carbocycles. The average Bonchev–Trinajstić information content (AvgIpc) is 2.63. The summed E-state index contributed by atoms with van der Waals surface area (Å²) in [7, 11) is 0. The van der Waals surface area contributed by atoms with Crippen LogP contribution in [0.2, 0.25) is 0 Å². The molecule has 0 atom stereocenters. The summed E-state index contributed by atoms with van der Waals surface area (Å²) in [5, 5.41) is 6.68. The van der Waals surface area contributed by atoms with E-state index in [1.807, 2.05) is 0 Å². The van der Waals surface area contributed by atoms with E-state index in [-0.39, 0.29) is 0 Å². The minimum Gasteiger partial charge on any atom is -0.396 e. The van der Waals surface area contributed by atoms with Crippen molar-refractivity contribution in [2.24, 2.45) is 0 Å². The molecule has 2 aromatic rings. The first-order valence-corrected chi connectivity index (χ1v) is 4.49. The van der Waals surface area contributed by atoms with Crippen LogP contribution in [0.1, 0.15) is 11.7 Å². The molecule has 0 bridgehead atoms. The predicted octanol–water partition coefficient (Wildman–Crippen LogP) is 0.967. The molecule has 78 valence electrons. The average molecular weight is 205 g/mol. The van der Waals surface area contributed by atoms with Crippen molar-refractivity contribution in [2.75, 3.05) is 11.1 Å². The summed E-state index contributed by atoms with van der Waals surface area (Å²) >= 11 is 0. The van der Waals surface area contributed by atoms with Gasteiger partial charge in [0.2, 0.25) is 5.89 Å². The Morgan fingerprint density at radius 1 is 1.53 bits per heavy atom. The molecule has 2 heterocycles. The van der Waals surface area contributed by atoms with Crippen LogP contribution in [0.5, 0.6) is 0 Å². The molecule has 0 radical (unpaired) electrons. The van der Waals surface area contributed by atoms with E-state index >= 15 is 0 Å². The Morgan fingerprint density at radius 3 is 3.07 bits per heavy atom. The number of anilines is 2. The highest BCUT2D eigenvalue weighted by atomic mass is 16.5. The van der Waals surface area contributed by atoms with Crippen LogP contribution in [-0.2, 0) is 6.54 Å². The van der Waals surface area contributed by atoms with Gasteiger partial charge in [-0.1, -0.05) is 5.16 Å². The highest BCUT2D eigenvalue weighted by Crippen LogP contribution is 2.13. The smallest absolute Gasteiger partial charge is 0.245 e. The van der Waals surface area contributed by atoms with Crippen molar-refractivity contribution in [2.45, 2.75) is 13.5 Å². The Morgan fingerprint density at radius 2 is 2.40 bits per heavy atom. The molecule has 2 aromatic heterocycles. The summed E-state index contributed by atoms with van der Waals surface area (Å²) in [4.78, 5) is 8.12. The fourth-order valence-electron chi connectivity index (χ4n) is 1.14. The molecule has 0 aromatic carbocycles. The maximum absolute atomic E-state index is 5.70. The number of aromatic nitrogens is 3. The second-order valence-corrected chi connectivity index (χ2v) is 3.03. The van der Waals surface area contributed by atoms with E-state index in [0.29, 0.717) is 29.8 Å². The summed E-state index contributed by atoms with van der Waals surface area (Å²) in [5.74, 6) is 1.74. The van der Waals surface area contributed by atoms with Gasteiger partial charge in [-0.25, -0.2) is 4.98 Å². The SMILES string of the molecule is Cc1noc(CNc2ncccc2N)n1. The van der Waals surface area contributed by atoms with E-state index in [1.165, 1.54) is 0 Å². The van der Waals surface area contributed by atoms with Gasteiger partial charge in [-0.05, 0) is 19.1 Å². The molecule has 2 rings (SSSR count). The molecular weight excluding hydrogens is 194 g/mol. The molecule has 0 aliphatic rings. The lowest BCUT2D eigenvalue weighted by Gasteiger charge is -2.04. The van der Waals surface area contributed by atoms with Gasteiger partial charge < -0.3 is 15.6 Å². The number of nitrogen functional groups attached to an aromatic ring is 1.